The molecule has 3 rings (SSSR count). The largest absolute Gasteiger partial charge is 0.360 e. The molecule has 0 spiro atoms. The predicted octanol–water partition coefficient (Wildman–Crippen LogP) is 3.15. The first kappa shape index (κ1) is 15.4. The van der Waals surface area contributed by atoms with Crippen LogP contribution in [0.15, 0.2) is 26.6 Å². The molecule has 7 nitrogen and oxygen atoms in total. The average molecular weight is 332 g/mol. The molecule has 0 aliphatic heterocycles. The first-order valence-electron chi connectivity index (χ1n) is 7.17. The summed E-state index contributed by atoms with van der Waals surface area (Å²) in [6, 6.07) is 3.83. The number of thiophene rings is 1. The number of hydrogen-bond donors (Lipinski definition) is 1. The molecule has 8 heteroatoms. The zero-order chi connectivity index (χ0) is 16.4. The molecule has 0 bridgehead atoms. The van der Waals surface area contributed by atoms with Gasteiger partial charge in [0.15, 0.2) is 5.76 Å². The van der Waals surface area contributed by atoms with Crippen molar-refractivity contribution in [3.63, 3.8) is 0 Å². The summed E-state index contributed by atoms with van der Waals surface area (Å²) in [5, 5.41) is 12.5. The van der Waals surface area contributed by atoms with Gasteiger partial charge in [-0.15, -0.1) is 11.3 Å². The van der Waals surface area contributed by atoms with Crippen LogP contribution in [-0.4, -0.2) is 21.2 Å². The van der Waals surface area contributed by atoms with E-state index in [-0.39, 0.29) is 18.4 Å². The number of aromatic nitrogens is 3. The third-order valence-electron chi connectivity index (χ3n) is 3.25. The van der Waals surface area contributed by atoms with Crippen molar-refractivity contribution in [1.29, 1.82) is 0 Å². The Labute approximate surface area is 136 Å². The van der Waals surface area contributed by atoms with Gasteiger partial charge in [-0.1, -0.05) is 30.2 Å². The molecule has 0 radical (unpaired) electrons. The minimum absolute atomic E-state index is 0.0748. The highest BCUT2D eigenvalue weighted by Crippen LogP contribution is 2.23. The number of nitrogens with zero attached hydrogens (tertiary/aromatic N) is 3. The Balaban J connectivity index is 1.69. The maximum atomic E-state index is 12.4. The van der Waals surface area contributed by atoms with Crippen molar-refractivity contribution in [2.75, 3.05) is 0 Å². The summed E-state index contributed by atoms with van der Waals surface area (Å²) < 4.78 is 10.4. The zero-order valence-corrected chi connectivity index (χ0v) is 13.8. The van der Waals surface area contributed by atoms with Gasteiger partial charge in [-0.2, -0.15) is 4.98 Å². The number of aryl methyl sites for hydroxylation is 1. The number of rotatable bonds is 5. The van der Waals surface area contributed by atoms with Gasteiger partial charge in [0.2, 0.25) is 11.7 Å². The van der Waals surface area contributed by atoms with Crippen LogP contribution in [0, 0.1) is 6.92 Å². The summed E-state index contributed by atoms with van der Waals surface area (Å²) in [4.78, 5) is 17.5. The lowest BCUT2D eigenvalue weighted by molar-refractivity contribution is 0.0943. The van der Waals surface area contributed by atoms with Crippen molar-refractivity contribution in [3.8, 4) is 10.7 Å². The fourth-order valence-corrected chi connectivity index (χ4v) is 2.78. The fourth-order valence-electron chi connectivity index (χ4n) is 2.13. The second-order valence-electron chi connectivity index (χ2n) is 5.33. The normalized spacial score (nSPS) is 11.1. The summed E-state index contributed by atoms with van der Waals surface area (Å²) >= 11 is 1.53. The van der Waals surface area contributed by atoms with E-state index in [4.69, 9.17) is 9.05 Å². The third kappa shape index (κ3) is 3.16. The molecule has 1 N–H and O–H groups in total. The van der Waals surface area contributed by atoms with E-state index in [1.807, 2.05) is 31.4 Å². The van der Waals surface area contributed by atoms with E-state index in [1.165, 1.54) is 11.3 Å². The topological polar surface area (TPSA) is 94.1 Å². The minimum atomic E-state index is -0.261. The van der Waals surface area contributed by atoms with Crippen LogP contribution in [0.25, 0.3) is 10.7 Å². The van der Waals surface area contributed by atoms with Gasteiger partial charge in [0, 0.05) is 5.92 Å². The quantitative estimate of drug-likeness (QED) is 0.771. The minimum Gasteiger partial charge on any atom is -0.360 e. The van der Waals surface area contributed by atoms with Crippen molar-refractivity contribution in [3.05, 3.63) is 40.4 Å². The molecule has 0 atom stereocenters. The SMILES string of the molecule is Cc1noc(C(C)C)c1C(=O)NCc1nc(-c2cccs2)no1. The molecule has 1 amide bonds. The smallest absolute Gasteiger partial charge is 0.257 e. The molecule has 0 saturated carbocycles. The Bertz CT molecular complexity index is 805. The van der Waals surface area contributed by atoms with Crippen LogP contribution in [0.5, 0.6) is 0 Å². The molecule has 0 fully saturated rings. The number of carbonyl (C=O) groups is 1. The van der Waals surface area contributed by atoms with Gasteiger partial charge >= 0.3 is 0 Å². The first-order valence-corrected chi connectivity index (χ1v) is 8.05. The second kappa shape index (κ2) is 6.33. The molecule has 3 heterocycles. The molecule has 0 aromatic carbocycles. The second-order valence-corrected chi connectivity index (χ2v) is 6.28. The molecule has 0 aliphatic carbocycles. The Morgan fingerprint density at radius 1 is 1.35 bits per heavy atom. The number of nitrogens with one attached hydrogen (secondary N) is 1. The van der Waals surface area contributed by atoms with Crippen molar-refractivity contribution in [2.45, 2.75) is 33.2 Å². The molecule has 120 valence electrons. The monoisotopic (exact) mass is 332 g/mol. The molecular formula is C15H16N4O3S. The van der Waals surface area contributed by atoms with Gasteiger partial charge in [-0.3, -0.25) is 4.79 Å². The number of carbonyl (C=O) groups excluding carboxylic acids is 1. The number of amides is 1. The molecule has 3 aromatic heterocycles. The standard InChI is InChI=1S/C15H16N4O3S/c1-8(2)13-12(9(3)18-22-13)15(20)16-7-11-17-14(19-21-11)10-5-4-6-23-10/h4-6,8H,7H2,1-3H3,(H,16,20). The highest BCUT2D eigenvalue weighted by Gasteiger charge is 2.22. The molecular weight excluding hydrogens is 316 g/mol. The van der Waals surface area contributed by atoms with E-state index in [1.54, 1.807) is 6.92 Å². The third-order valence-corrected chi connectivity index (χ3v) is 4.12. The Hall–Kier alpha value is -2.48. The zero-order valence-electron chi connectivity index (χ0n) is 13.0. The van der Waals surface area contributed by atoms with E-state index in [0.29, 0.717) is 28.7 Å². The molecule has 23 heavy (non-hydrogen) atoms. The highest BCUT2D eigenvalue weighted by atomic mass is 32.1. The lowest BCUT2D eigenvalue weighted by atomic mass is 10.0. The van der Waals surface area contributed by atoms with E-state index in [0.717, 1.165) is 4.88 Å². The first-order chi connectivity index (χ1) is 11.1. The Morgan fingerprint density at radius 3 is 2.87 bits per heavy atom. The van der Waals surface area contributed by atoms with Gasteiger partial charge in [0.25, 0.3) is 5.91 Å². The lowest BCUT2D eigenvalue weighted by Crippen LogP contribution is -2.24. The Morgan fingerprint density at radius 2 is 2.17 bits per heavy atom. The van der Waals surface area contributed by atoms with Crippen molar-refractivity contribution in [2.24, 2.45) is 0 Å². The fraction of sp³-hybridized carbons (Fsp3) is 0.333. The molecule has 0 unspecified atom stereocenters. The number of hydrogen-bond acceptors (Lipinski definition) is 7. The predicted molar refractivity (Wildman–Crippen MR) is 84.1 cm³/mol. The lowest BCUT2D eigenvalue weighted by Gasteiger charge is -2.05. The van der Waals surface area contributed by atoms with Crippen LogP contribution in [0.4, 0.5) is 0 Å². The van der Waals surface area contributed by atoms with Gasteiger partial charge in [0.1, 0.15) is 5.56 Å². The highest BCUT2D eigenvalue weighted by molar-refractivity contribution is 7.13. The van der Waals surface area contributed by atoms with E-state index in [2.05, 4.69) is 20.6 Å². The summed E-state index contributed by atoms with van der Waals surface area (Å²) in [6.07, 6.45) is 0. The summed E-state index contributed by atoms with van der Waals surface area (Å²) in [7, 11) is 0. The van der Waals surface area contributed by atoms with E-state index >= 15 is 0 Å². The van der Waals surface area contributed by atoms with Crippen LogP contribution in [0.1, 0.15) is 47.5 Å². The molecule has 3 aromatic rings. The van der Waals surface area contributed by atoms with Crippen molar-refractivity contribution >= 4 is 17.2 Å². The summed E-state index contributed by atoms with van der Waals surface area (Å²) in [5.41, 5.74) is 1.04. The van der Waals surface area contributed by atoms with Crippen molar-refractivity contribution in [1.82, 2.24) is 20.6 Å². The van der Waals surface area contributed by atoms with Crippen LogP contribution in [0.3, 0.4) is 0 Å². The van der Waals surface area contributed by atoms with Crippen LogP contribution in [-0.2, 0) is 6.54 Å². The summed E-state index contributed by atoms with van der Waals surface area (Å²) in [5.74, 6) is 1.26. The van der Waals surface area contributed by atoms with E-state index in [9.17, 15) is 4.79 Å². The maximum absolute atomic E-state index is 12.4. The maximum Gasteiger partial charge on any atom is 0.257 e. The van der Waals surface area contributed by atoms with Gasteiger partial charge in [-0.05, 0) is 18.4 Å². The van der Waals surface area contributed by atoms with Crippen LogP contribution >= 0.6 is 11.3 Å². The molecule has 0 saturated heterocycles. The Kier molecular flexibility index (Phi) is 4.24. The summed E-state index contributed by atoms with van der Waals surface area (Å²) in [6.45, 7) is 5.79. The van der Waals surface area contributed by atoms with Crippen molar-refractivity contribution < 1.29 is 13.8 Å². The van der Waals surface area contributed by atoms with Gasteiger partial charge in [-0.25, -0.2) is 0 Å². The average Bonchev–Trinajstić information content (AvgIpc) is 3.24. The van der Waals surface area contributed by atoms with E-state index < -0.39 is 0 Å². The van der Waals surface area contributed by atoms with Gasteiger partial charge < -0.3 is 14.4 Å². The van der Waals surface area contributed by atoms with Gasteiger partial charge in [0.05, 0.1) is 17.1 Å². The molecule has 0 aliphatic rings. The van der Waals surface area contributed by atoms with Crippen LogP contribution in [0.2, 0.25) is 0 Å². The van der Waals surface area contributed by atoms with Crippen LogP contribution < -0.4 is 5.32 Å².